The molecular formula is C34H38F3N3O7S. The Labute approximate surface area is 279 Å². The van der Waals surface area contributed by atoms with Gasteiger partial charge in [-0.25, -0.2) is 4.68 Å². The highest BCUT2D eigenvalue weighted by molar-refractivity contribution is 7.20. The highest BCUT2D eigenvalue weighted by Gasteiger charge is 2.52. The Balaban J connectivity index is 1.79. The van der Waals surface area contributed by atoms with Gasteiger partial charge < -0.3 is 14.2 Å². The molecule has 0 N–H and O–H groups in total. The van der Waals surface area contributed by atoms with E-state index in [1.165, 1.54) is 0 Å². The lowest BCUT2D eigenvalue weighted by atomic mass is 9.78. The van der Waals surface area contributed by atoms with Crippen LogP contribution < -0.4 is 10.3 Å². The van der Waals surface area contributed by atoms with Crippen LogP contribution >= 0.6 is 11.3 Å². The number of ether oxygens (including phenoxy) is 3. The number of esters is 2. The molecule has 0 unspecified atom stereocenters. The normalized spacial score (nSPS) is 12.7. The lowest BCUT2D eigenvalue weighted by Crippen LogP contribution is -2.49. The summed E-state index contributed by atoms with van der Waals surface area (Å²) in [7, 11) is 0. The maximum Gasteiger partial charge on any atom is 0.416 e. The first kappa shape index (κ1) is 36.5. The topological polar surface area (TPSA) is 127 Å². The number of hydrogen-bond acceptors (Lipinski definition) is 10. The molecule has 0 aliphatic rings. The van der Waals surface area contributed by atoms with Gasteiger partial charge in [-0.3, -0.25) is 19.2 Å². The van der Waals surface area contributed by atoms with Crippen LogP contribution in [0.15, 0.2) is 47.3 Å². The van der Waals surface area contributed by atoms with E-state index in [1.807, 2.05) is 6.92 Å². The SMILES string of the molecule is CCCOc1ccc2cc(C(=O)CC(CCn3nnc4ccc(C(F)(F)F)cc4c3=O)(C(=O)OC(C)(C)C)C(=O)OC(C)(C)C)sc2c1. The molecule has 48 heavy (non-hydrogen) atoms. The van der Waals surface area contributed by atoms with Gasteiger partial charge in [-0.05, 0) is 102 Å². The molecule has 4 aromatic rings. The first-order chi connectivity index (χ1) is 22.2. The van der Waals surface area contributed by atoms with Crippen LogP contribution in [0, 0.1) is 5.41 Å². The number of halogens is 3. The molecule has 0 spiro atoms. The number of carbonyl (C=O) groups excluding carboxylic acids is 3. The van der Waals surface area contributed by atoms with Crippen molar-refractivity contribution < 1.29 is 41.8 Å². The average Bonchev–Trinajstić information content (AvgIpc) is 3.40. The molecule has 258 valence electrons. The summed E-state index contributed by atoms with van der Waals surface area (Å²) >= 11 is 1.16. The zero-order valence-electron chi connectivity index (χ0n) is 27.8. The lowest BCUT2D eigenvalue weighted by molar-refractivity contribution is -0.186. The number of aryl methyl sites for hydroxylation is 1. The second kappa shape index (κ2) is 13.7. The predicted molar refractivity (Wildman–Crippen MR) is 174 cm³/mol. The van der Waals surface area contributed by atoms with Crippen molar-refractivity contribution in [1.82, 2.24) is 15.0 Å². The third-order valence-corrected chi connectivity index (χ3v) is 8.22. The molecule has 2 aromatic carbocycles. The van der Waals surface area contributed by atoms with Crippen molar-refractivity contribution >= 4 is 50.0 Å². The number of rotatable bonds is 11. The van der Waals surface area contributed by atoms with Crippen LogP contribution in [0.25, 0.3) is 21.0 Å². The molecule has 0 bridgehead atoms. The van der Waals surface area contributed by atoms with Gasteiger partial charge >= 0.3 is 18.1 Å². The van der Waals surface area contributed by atoms with Crippen LogP contribution in [-0.2, 0) is 31.8 Å². The van der Waals surface area contributed by atoms with Gasteiger partial charge in [0, 0.05) is 17.7 Å². The van der Waals surface area contributed by atoms with E-state index in [-0.39, 0.29) is 15.8 Å². The van der Waals surface area contributed by atoms with Gasteiger partial charge in [0.15, 0.2) is 11.2 Å². The van der Waals surface area contributed by atoms with Crippen LogP contribution in [0.4, 0.5) is 13.2 Å². The van der Waals surface area contributed by atoms with Gasteiger partial charge in [-0.1, -0.05) is 12.1 Å². The Hall–Kier alpha value is -4.33. The number of alkyl halides is 3. The van der Waals surface area contributed by atoms with Crippen molar-refractivity contribution in [3.05, 3.63) is 63.3 Å². The summed E-state index contributed by atoms with van der Waals surface area (Å²) in [6.07, 6.45) is -5.10. The fraction of sp³-hybridized carbons (Fsp3) is 0.471. The van der Waals surface area contributed by atoms with Crippen molar-refractivity contribution in [1.29, 1.82) is 0 Å². The number of Topliss-reactive ketones (excluding diaryl/α,β-unsaturated/α-hetero) is 1. The molecule has 10 nitrogen and oxygen atoms in total. The molecule has 0 radical (unpaired) electrons. The van der Waals surface area contributed by atoms with E-state index in [4.69, 9.17) is 14.2 Å². The maximum absolute atomic E-state index is 14.0. The number of carbonyl (C=O) groups is 3. The Morgan fingerprint density at radius 2 is 1.54 bits per heavy atom. The van der Waals surface area contributed by atoms with E-state index in [0.717, 1.165) is 44.7 Å². The smallest absolute Gasteiger partial charge is 0.416 e. The summed E-state index contributed by atoms with van der Waals surface area (Å²) in [6, 6.07) is 9.53. The van der Waals surface area contributed by atoms with E-state index in [1.54, 1.807) is 65.8 Å². The van der Waals surface area contributed by atoms with Crippen molar-refractivity contribution in [2.75, 3.05) is 6.61 Å². The highest BCUT2D eigenvalue weighted by atomic mass is 32.1. The molecule has 0 aliphatic carbocycles. The maximum atomic E-state index is 14.0. The van der Waals surface area contributed by atoms with E-state index >= 15 is 0 Å². The molecule has 0 saturated heterocycles. The van der Waals surface area contributed by atoms with Crippen molar-refractivity contribution in [3.8, 4) is 5.75 Å². The van der Waals surface area contributed by atoms with Gasteiger partial charge in [-0.15, -0.1) is 16.4 Å². The fourth-order valence-electron chi connectivity index (χ4n) is 4.79. The molecular weight excluding hydrogens is 651 g/mol. The molecule has 0 amide bonds. The molecule has 0 atom stereocenters. The predicted octanol–water partition coefficient (Wildman–Crippen LogP) is 7.15. The van der Waals surface area contributed by atoms with Crippen LogP contribution in [0.5, 0.6) is 5.75 Å². The summed E-state index contributed by atoms with van der Waals surface area (Å²) in [5.74, 6) is -2.05. The van der Waals surface area contributed by atoms with E-state index in [9.17, 15) is 32.3 Å². The minimum atomic E-state index is -4.71. The summed E-state index contributed by atoms with van der Waals surface area (Å²) in [4.78, 5) is 55.6. The largest absolute Gasteiger partial charge is 0.494 e. The fourth-order valence-corrected chi connectivity index (χ4v) is 5.82. The molecule has 0 aliphatic heterocycles. The standard InChI is InChI=1S/C34H38F3N3O7S/c1-8-15-45-22-11-9-20-16-27(48-26(20)18-22)25(41)19-33(29(43)46-31(2,3)4,30(44)47-32(5,6)7)13-14-40-28(42)23-17-21(34(35,36)37)10-12-24(23)38-39-40/h9-12,16-18H,8,13-15,19H2,1-7H3. The second-order valence-corrected chi connectivity index (χ2v) is 14.5. The first-order valence-corrected chi connectivity index (χ1v) is 16.2. The molecule has 14 heteroatoms. The number of benzene rings is 2. The zero-order valence-corrected chi connectivity index (χ0v) is 28.6. The molecule has 2 heterocycles. The number of fused-ring (bicyclic) bond motifs is 2. The van der Waals surface area contributed by atoms with E-state index in [0.29, 0.717) is 18.4 Å². The number of thiophene rings is 1. The Morgan fingerprint density at radius 1 is 0.896 bits per heavy atom. The van der Waals surface area contributed by atoms with Crippen molar-refractivity contribution in [2.45, 2.75) is 91.7 Å². The minimum absolute atomic E-state index is 0.0713. The zero-order chi connectivity index (χ0) is 35.7. The molecule has 4 rings (SSSR count). The van der Waals surface area contributed by atoms with E-state index in [2.05, 4.69) is 10.3 Å². The number of hydrogen-bond donors (Lipinski definition) is 0. The first-order valence-electron chi connectivity index (χ1n) is 15.3. The second-order valence-electron chi connectivity index (χ2n) is 13.4. The Morgan fingerprint density at radius 3 is 2.12 bits per heavy atom. The van der Waals surface area contributed by atoms with Gasteiger partial charge in [0.25, 0.3) is 5.56 Å². The van der Waals surface area contributed by atoms with Gasteiger partial charge in [-0.2, -0.15) is 13.2 Å². The Bertz CT molecular complexity index is 1870. The van der Waals surface area contributed by atoms with Crippen molar-refractivity contribution in [2.24, 2.45) is 5.41 Å². The van der Waals surface area contributed by atoms with E-state index < -0.39 is 71.0 Å². The van der Waals surface area contributed by atoms with Gasteiger partial charge in [0.05, 0.1) is 22.4 Å². The lowest BCUT2D eigenvalue weighted by Gasteiger charge is -2.34. The third-order valence-electron chi connectivity index (χ3n) is 7.08. The highest BCUT2D eigenvalue weighted by Crippen LogP contribution is 2.38. The summed E-state index contributed by atoms with van der Waals surface area (Å²) < 4.78 is 58.8. The van der Waals surface area contributed by atoms with Crippen LogP contribution in [0.2, 0.25) is 0 Å². The third kappa shape index (κ3) is 8.57. The van der Waals surface area contributed by atoms with Gasteiger partial charge in [0.2, 0.25) is 0 Å². The van der Waals surface area contributed by atoms with Gasteiger partial charge in [0.1, 0.15) is 22.5 Å². The molecule has 2 aromatic heterocycles. The number of aromatic nitrogens is 3. The number of nitrogens with zero attached hydrogens (tertiary/aromatic N) is 3. The Kier molecular flexibility index (Phi) is 10.4. The number of ketones is 1. The van der Waals surface area contributed by atoms with Crippen molar-refractivity contribution in [3.63, 3.8) is 0 Å². The summed E-state index contributed by atoms with van der Waals surface area (Å²) in [5.41, 5.74) is -6.50. The monoisotopic (exact) mass is 689 g/mol. The van der Waals surface area contributed by atoms with Crippen LogP contribution in [-0.4, -0.2) is 50.5 Å². The summed E-state index contributed by atoms with van der Waals surface area (Å²) in [5, 5.41) is 8.10. The summed E-state index contributed by atoms with van der Waals surface area (Å²) in [6.45, 7) is 11.6. The molecule has 0 saturated carbocycles. The quantitative estimate of drug-likeness (QED) is 0.0917. The molecule has 0 fully saturated rings. The average molecular weight is 690 g/mol. The minimum Gasteiger partial charge on any atom is -0.494 e. The van der Waals surface area contributed by atoms with Crippen LogP contribution in [0.1, 0.15) is 83.0 Å². The van der Waals surface area contributed by atoms with Crippen LogP contribution in [0.3, 0.4) is 0 Å².